The number of halogens is 3. The normalized spacial score (nSPS) is 18.2. The van der Waals surface area contributed by atoms with Crippen molar-refractivity contribution in [2.45, 2.75) is 31.7 Å². The summed E-state index contributed by atoms with van der Waals surface area (Å²) in [5.74, 6) is 2.68. The van der Waals surface area contributed by atoms with Crippen LogP contribution in [0.15, 0.2) is 30.5 Å². The van der Waals surface area contributed by atoms with Crippen LogP contribution in [0.4, 0.5) is 0 Å². The van der Waals surface area contributed by atoms with Gasteiger partial charge in [-0.3, -0.25) is 4.57 Å². The van der Waals surface area contributed by atoms with Crippen molar-refractivity contribution in [3.8, 4) is 22.3 Å². The third kappa shape index (κ3) is 4.38. The second kappa shape index (κ2) is 9.21. The average molecular weight is 449 g/mol. The third-order valence-corrected chi connectivity index (χ3v) is 5.50. The maximum absolute atomic E-state index is 6.15. The zero-order valence-corrected chi connectivity index (χ0v) is 17.7. The van der Waals surface area contributed by atoms with E-state index in [1.165, 1.54) is 11.3 Å². The summed E-state index contributed by atoms with van der Waals surface area (Å²) in [6, 6.07) is 7.90. The van der Waals surface area contributed by atoms with Gasteiger partial charge in [-0.1, -0.05) is 11.6 Å². The first kappa shape index (κ1) is 21.9. The molecular weight excluding hydrogens is 429 g/mol. The number of pyridine rings is 1. The van der Waals surface area contributed by atoms with Gasteiger partial charge in [-0.15, -0.1) is 46.3 Å². The smallest absolute Gasteiger partial charge is 0.187 e. The maximum atomic E-state index is 6.15. The predicted molar refractivity (Wildman–Crippen MR) is 113 cm³/mol. The summed E-state index contributed by atoms with van der Waals surface area (Å²) in [6.45, 7) is 2.55. The van der Waals surface area contributed by atoms with Gasteiger partial charge in [0.25, 0.3) is 0 Å². The molecular formula is C17H20Cl3N5OS. The standard InChI is InChI=1S/C17H18ClN5OS.2ClH/c1-2-24-12-3-4-13(20-9-12)17-22-21-16(10-7-11(19)8-10)23(17)15-6-5-14(18)25-15;;/h3-6,9-11H,2,7-8,19H2,1H3;2*1H. The molecule has 2 N–H and O–H groups in total. The van der Waals surface area contributed by atoms with E-state index in [1.54, 1.807) is 6.20 Å². The third-order valence-electron chi connectivity index (χ3n) is 4.28. The Hall–Kier alpha value is -1.38. The van der Waals surface area contributed by atoms with Crippen molar-refractivity contribution < 1.29 is 4.74 Å². The van der Waals surface area contributed by atoms with Crippen LogP contribution in [0.1, 0.15) is 31.5 Å². The summed E-state index contributed by atoms with van der Waals surface area (Å²) in [6.07, 6.45) is 3.56. The van der Waals surface area contributed by atoms with E-state index in [2.05, 4.69) is 19.7 Å². The Balaban J connectivity index is 0.00000131. The second-order valence-corrected chi connectivity index (χ2v) is 7.73. The van der Waals surface area contributed by atoms with Crippen LogP contribution in [0.25, 0.3) is 16.5 Å². The summed E-state index contributed by atoms with van der Waals surface area (Å²) in [4.78, 5) is 4.49. The molecule has 1 fully saturated rings. The molecule has 0 aromatic carbocycles. The molecule has 0 bridgehead atoms. The van der Waals surface area contributed by atoms with Crippen LogP contribution in [0.5, 0.6) is 5.75 Å². The van der Waals surface area contributed by atoms with E-state index in [0.717, 1.165) is 39.4 Å². The fourth-order valence-electron chi connectivity index (χ4n) is 3.01. The summed E-state index contributed by atoms with van der Waals surface area (Å²) in [7, 11) is 0. The van der Waals surface area contributed by atoms with Gasteiger partial charge in [0.2, 0.25) is 0 Å². The highest BCUT2D eigenvalue weighted by atomic mass is 35.5. The van der Waals surface area contributed by atoms with Crippen molar-refractivity contribution in [3.63, 3.8) is 0 Å². The SMILES string of the molecule is CCOc1ccc(-c2nnc(C3CC(N)C3)n2-c2ccc(Cl)s2)nc1.Cl.Cl. The highest BCUT2D eigenvalue weighted by Crippen LogP contribution is 2.39. The van der Waals surface area contributed by atoms with Crippen LogP contribution in [0.3, 0.4) is 0 Å². The zero-order valence-electron chi connectivity index (χ0n) is 14.5. The summed E-state index contributed by atoms with van der Waals surface area (Å²) < 4.78 is 8.24. The first-order valence-electron chi connectivity index (χ1n) is 8.21. The Morgan fingerprint density at radius 1 is 1.22 bits per heavy atom. The molecule has 0 aliphatic heterocycles. The van der Waals surface area contributed by atoms with Gasteiger partial charge in [0.1, 0.15) is 22.3 Å². The predicted octanol–water partition coefficient (Wildman–Crippen LogP) is 4.49. The molecule has 3 aromatic heterocycles. The van der Waals surface area contributed by atoms with Gasteiger partial charge >= 0.3 is 0 Å². The second-order valence-electron chi connectivity index (χ2n) is 6.04. The van der Waals surface area contributed by atoms with Crippen molar-refractivity contribution in [1.29, 1.82) is 0 Å². The lowest BCUT2D eigenvalue weighted by Crippen LogP contribution is -2.36. The molecule has 1 aliphatic carbocycles. The van der Waals surface area contributed by atoms with Crippen LogP contribution in [-0.4, -0.2) is 32.4 Å². The number of aromatic nitrogens is 4. The minimum absolute atomic E-state index is 0. The highest BCUT2D eigenvalue weighted by molar-refractivity contribution is 7.18. The molecule has 0 atom stereocenters. The Labute approximate surface area is 178 Å². The van der Waals surface area contributed by atoms with E-state index < -0.39 is 0 Å². The molecule has 1 aliphatic rings. The Bertz CT molecular complexity index is 877. The van der Waals surface area contributed by atoms with Crippen molar-refractivity contribution in [3.05, 3.63) is 40.6 Å². The van der Waals surface area contributed by atoms with Crippen molar-refractivity contribution in [2.24, 2.45) is 5.73 Å². The van der Waals surface area contributed by atoms with Crippen molar-refractivity contribution in [2.75, 3.05) is 6.61 Å². The fourth-order valence-corrected chi connectivity index (χ4v) is 4.05. The quantitative estimate of drug-likeness (QED) is 0.622. The number of rotatable bonds is 5. The Morgan fingerprint density at radius 3 is 2.56 bits per heavy atom. The summed E-state index contributed by atoms with van der Waals surface area (Å²) >= 11 is 7.64. The van der Waals surface area contributed by atoms with E-state index in [4.69, 9.17) is 22.1 Å². The molecule has 3 aromatic rings. The number of hydrogen-bond acceptors (Lipinski definition) is 6. The van der Waals surface area contributed by atoms with Gasteiger partial charge in [-0.25, -0.2) is 4.98 Å². The topological polar surface area (TPSA) is 78.9 Å². The largest absolute Gasteiger partial charge is 0.492 e. The molecule has 146 valence electrons. The summed E-state index contributed by atoms with van der Waals surface area (Å²) in [5.41, 5.74) is 6.71. The van der Waals surface area contributed by atoms with Gasteiger partial charge in [0.05, 0.1) is 17.1 Å². The van der Waals surface area contributed by atoms with Gasteiger partial charge in [0, 0.05) is 12.0 Å². The number of thiophene rings is 1. The molecule has 0 amide bonds. The van der Waals surface area contributed by atoms with Crippen LogP contribution in [0.2, 0.25) is 4.34 Å². The Kier molecular flexibility index (Phi) is 7.47. The molecule has 0 saturated heterocycles. The van der Waals surface area contributed by atoms with Gasteiger partial charge < -0.3 is 10.5 Å². The van der Waals surface area contributed by atoms with Crippen molar-refractivity contribution >= 4 is 47.8 Å². The van der Waals surface area contributed by atoms with Crippen LogP contribution < -0.4 is 10.5 Å². The molecule has 0 spiro atoms. The van der Waals surface area contributed by atoms with Crippen LogP contribution >= 0.6 is 47.8 Å². The summed E-state index contributed by atoms with van der Waals surface area (Å²) in [5, 5.41) is 9.83. The lowest BCUT2D eigenvalue weighted by molar-refractivity contribution is 0.335. The van der Waals surface area contributed by atoms with Crippen LogP contribution in [-0.2, 0) is 0 Å². The minimum atomic E-state index is 0. The number of ether oxygens (including phenoxy) is 1. The average Bonchev–Trinajstić information content (AvgIpc) is 3.19. The van der Waals surface area contributed by atoms with Crippen LogP contribution in [0, 0.1) is 0 Å². The van der Waals surface area contributed by atoms with E-state index >= 15 is 0 Å². The van der Waals surface area contributed by atoms with E-state index in [9.17, 15) is 0 Å². The lowest BCUT2D eigenvalue weighted by Gasteiger charge is -2.31. The van der Waals surface area contributed by atoms with Gasteiger partial charge in [0.15, 0.2) is 5.82 Å². The molecule has 0 unspecified atom stereocenters. The van der Waals surface area contributed by atoms with Gasteiger partial charge in [-0.05, 0) is 44.0 Å². The lowest BCUT2D eigenvalue weighted by atomic mass is 9.80. The van der Waals surface area contributed by atoms with Crippen molar-refractivity contribution in [1.82, 2.24) is 19.7 Å². The molecule has 10 heteroatoms. The van der Waals surface area contributed by atoms with Gasteiger partial charge in [-0.2, -0.15) is 0 Å². The molecule has 3 heterocycles. The van der Waals surface area contributed by atoms with E-state index in [0.29, 0.717) is 18.3 Å². The fraction of sp³-hybridized carbons (Fsp3) is 0.353. The monoisotopic (exact) mass is 447 g/mol. The zero-order chi connectivity index (χ0) is 17.4. The van der Waals surface area contributed by atoms with E-state index in [-0.39, 0.29) is 30.9 Å². The number of hydrogen-bond donors (Lipinski definition) is 1. The number of nitrogens with two attached hydrogens (primary N) is 1. The highest BCUT2D eigenvalue weighted by Gasteiger charge is 2.33. The first-order valence-corrected chi connectivity index (χ1v) is 9.41. The molecule has 6 nitrogen and oxygen atoms in total. The molecule has 0 radical (unpaired) electrons. The maximum Gasteiger partial charge on any atom is 0.187 e. The number of nitrogens with zero attached hydrogens (tertiary/aromatic N) is 4. The Morgan fingerprint density at radius 2 is 2.00 bits per heavy atom. The molecule has 27 heavy (non-hydrogen) atoms. The molecule has 4 rings (SSSR count). The minimum Gasteiger partial charge on any atom is -0.492 e. The van der Waals surface area contributed by atoms with E-state index in [1.807, 2.05) is 31.2 Å². The first-order chi connectivity index (χ1) is 12.2. The molecule has 1 saturated carbocycles.